The van der Waals surface area contributed by atoms with Gasteiger partial charge < -0.3 is 10.6 Å². The Morgan fingerprint density at radius 2 is 1.77 bits per heavy atom. The highest BCUT2D eigenvalue weighted by Gasteiger charge is 2.06. The van der Waals surface area contributed by atoms with Crippen LogP contribution in [0.1, 0.15) is 27.7 Å². The predicted octanol–water partition coefficient (Wildman–Crippen LogP) is 4.59. The van der Waals surface area contributed by atoms with Crippen LogP contribution < -0.4 is 5.73 Å². The van der Waals surface area contributed by atoms with Crippen molar-refractivity contribution in [3.05, 3.63) is 82.5 Å². The van der Waals surface area contributed by atoms with Crippen molar-refractivity contribution in [1.82, 2.24) is 0 Å². The number of carbonyl (C=O) groups is 1. The first-order valence-electron chi connectivity index (χ1n) is 7.94. The van der Waals surface area contributed by atoms with Crippen molar-refractivity contribution in [2.45, 2.75) is 13.5 Å². The third-order valence-electron chi connectivity index (χ3n) is 3.76. The second kappa shape index (κ2) is 7.93. The van der Waals surface area contributed by atoms with E-state index in [0.29, 0.717) is 12.2 Å². The molecule has 26 heavy (non-hydrogen) atoms. The number of nitrogens with zero attached hydrogens (tertiary/aromatic N) is 1. The number of thiophene rings is 1. The highest BCUT2D eigenvalue weighted by molar-refractivity contribution is 7.17. The van der Waals surface area contributed by atoms with E-state index in [1.54, 1.807) is 47.7 Å². The molecular weight excluding hydrogens is 351 g/mol. The summed E-state index contributed by atoms with van der Waals surface area (Å²) in [6.45, 7) is 2.17. The van der Waals surface area contributed by atoms with Crippen LogP contribution in [0.2, 0.25) is 0 Å². The number of carbonyl (C=O) groups excluding carboxylic acids is 1. The first kappa shape index (κ1) is 17.8. The monoisotopic (exact) mass is 368 g/mol. The third-order valence-corrected chi connectivity index (χ3v) is 5.01. The lowest BCUT2D eigenvalue weighted by molar-refractivity contribution is 0.1000. The fraction of sp³-hybridized carbons (Fsp3) is 0.100. The number of oxime groups is 1. The number of hydrogen-bond donors (Lipinski definition) is 1. The van der Waals surface area contributed by atoms with Crippen molar-refractivity contribution in [1.29, 1.82) is 0 Å². The Bertz CT molecular complexity index is 931. The van der Waals surface area contributed by atoms with Crippen LogP contribution in [-0.2, 0) is 11.4 Å². The normalized spacial score (nSPS) is 11.4. The zero-order valence-corrected chi connectivity index (χ0v) is 14.9. The van der Waals surface area contributed by atoms with Crippen LogP contribution >= 0.6 is 11.3 Å². The number of amides is 1. The van der Waals surface area contributed by atoms with E-state index in [2.05, 4.69) is 5.16 Å². The van der Waals surface area contributed by atoms with Gasteiger partial charge in [-0.25, -0.2) is 4.39 Å². The lowest BCUT2D eigenvalue weighted by Crippen LogP contribution is -2.10. The molecule has 0 aliphatic rings. The molecule has 1 aromatic heterocycles. The van der Waals surface area contributed by atoms with Crippen LogP contribution in [0.4, 0.5) is 4.39 Å². The molecule has 1 amide bonds. The number of halogens is 1. The largest absolute Gasteiger partial charge is 0.391 e. The van der Waals surface area contributed by atoms with Crippen molar-refractivity contribution in [3.63, 3.8) is 0 Å². The van der Waals surface area contributed by atoms with E-state index in [-0.39, 0.29) is 5.82 Å². The number of rotatable bonds is 6. The molecule has 0 spiro atoms. The minimum absolute atomic E-state index is 0.250. The molecule has 0 aliphatic heterocycles. The summed E-state index contributed by atoms with van der Waals surface area (Å²) < 4.78 is 13.0. The summed E-state index contributed by atoms with van der Waals surface area (Å²) in [5.41, 5.74) is 8.29. The maximum atomic E-state index is 13.0. The molecule has 1 heterocycles. The molecule has 3 rings (SSSR count). The average molecular weight is 368 g/mol. The summed E-state index contributed by atoms with van der Waals surface area (Å²) >= 11 is 1.57. The van der Waals surface area contributed by atoms with Gasteiger partial charge in [0.2, 0.25) is 5.91 Å². The predicted molar refractivity (Wildman–Crippen MR) is 102 cm³/mol. The van der Waals surface area contributed by atoms with Crippen LogP contribution in [0.15, 0.2) is 65.8 Å². The number of hydrogen-bond acceptors (Lipinski definition) is 4. The van der Waals surface area contributed by atoms with Crippen LogP contribution in [0.25, 0.3) is 10.4 Å². The molecule has 0 radical (unpaired) electrons. The van der Waals surface area contributed by atoms with Gasteiger partial charge in [0.25, 0.3) is 0 Å². The molecular formula is C20H17FN2O2S. The van der Waals surface area contributed by atoms with Crippen LogP contribution in [0.5, 0.6) is 0 Å². The first-order chi connectivity index (χ1) is 12.5. The summed E-state index contributed by atoms with van der Waals surface area (Å²) in [5, 5.41) is 4.14. The van der Waals surface area contributed by atoms with Crippen LogP contribution in [-0.4, -0.2) is 11.6 Å². The summed E-state index contributed by atoms with van der Waals surface area (Å²) in [6, 6.07) is 17.2. The van der Waals surface area contributed by atoms with Gasteiger partial charge in [-0.05, 0) is 54.4 Å². The van der Waals surface area contributed by atoms with Crippen LogP contribution in [0.3, 0.4) is 0 Å². The second-order valence-corrected chi connectivity index (χ2v) is 6.77. The highest BCUT2D eigenvalue weighted by Crippen LogP contribution is 2.28. The number of nitrogens with two attached hydrogens (primary N) is 1. The zero-order chi connectivity index (χ0) is 18.5. The molecule has 6 heteroatoms. The van der Waals surface area contributed by atoms with Gasteiger partial charge in [-0.15, -0.1) is 11.3 Å². The topological polar surface area (TPSA) is 64.7 Å². The summed E-state index contributed by atoms with van der Waals surface area (Å²) in [7, 11) is 0. The Kier molecular flexibility index (Phi) is 5.43. The van der Waals surface area contributed by atoms with Gasteiger partial charge >= 0.3 is 0 Å². The maximum absolute atomic E-state index is 13.0. The zero-order valence-electron chi connectivity index (χ0n) is 14.1. The molecule has 0 bridgehead atoms. The van der Waals surface area contributed by atoms with E-state index in [1.165, 1.54) is 12.1 Å². The Labute approximate surface area is 154 Å². The Morgan fingerprint density at radius 1 is 1.08 bits per heavy atom. The molecule has 2 N–H and O–H groups in total. The van der Waals surface area contributed by atoms with Crippen molar-refractivity contribution >= 4 is 23.0 Å². The molecule has 0 unspecified atom stereocenters. The average Bonchev–Trinajstić information content (AvgIpc) is 3.13. The molecule has 2 aromatic carbocycles. The Balaban J connectivity index is 1.63. The minimum atomic E-state index is -0.457. The fourth-order valence-corrected chi connectivity index (χ4v) is 3.26. The number of benzene rings is 2. The van der Waals surface area contributed by atoms with Crippen LogP contribution in [0, 0.1) is 5.82 Å². The van der Waals surface area contributed by atoms with Gasteiger partial charge in [-0.1, -0.05) is 29.4 Å². The maximum Gasteiger partial charge on any atom is 0.248 e. The van der Waals surface area contributed by atoms with Gasteiger partial charge in [0.15, 0.2) is 0 Å². The van der Waals surface area contributed by atoms with E-state index in [0.717, 1.165) is 26.6 Å². The fourth-order valence-electron chi connectivity index (χ4n) is 2.32. The summed E-state index contributed by atoms with van der Waals surface area (Å²) in [5.74, 6) is -0.707. The molecule has 132 valence electrons. The third kappa shape index (κ3) is 4.34. The second-order valence-electron chi connectivity index (χ2n) is 5.68. The van der Waals surface area contributed by atoms with Crippen molar-refractivity contribution in [2.24, 2.45) is 10.9 Å². The van der Waals surface area contributed by atoms with E-state index in [1.807, 2.05) is 19.1 Å². The number of primary amides is 1. The summed E-state index contributed by atoms with van der Waals surface area (Å²) in [4.78, 5) is 18.5. The van der Waals surface area contributed by atoms with Gasteiger partial charge in [0.05, 0.1) is 10.6 Å². The SMILES string of the molecule is CC(=NOCc1ccc(C(N)=O)cc1)c1ccc(-c2ccc(F)cc2)s1. The molecule has 4 nitrogen and oxygen atoms in total. The van der Waals surface area contributed by atoms with Crippen molar-refractivity contribution in [2.75, 3.05) is 0 Å². The standard InChI is InChI=1S/C20H17FN2O2S/c1-13(23-25-12-14-2-4-16(5-3-14)20(22)24)18-10-11-19(26-18)15-6-8-17(21)9-7-15/h2-11H,12H2,1H3,(H2,22,24). The lowest BCUT2D eigenvalue weighted by atomic mass is 10.1. The molecule has 0 aliphatic carbocycles. The summed E-state index contributed by atoms with van der Waals surface area (Å²) in [6.07, 6.45) is 0. The lowest BCUT2D eigenvalue weighted by Gasteiger charge is -2.02. The van der Waals surface area contributed by atoms with Crippen molar-refractivity contribution in [3.8, 4) is 10.4 Å². The Morgan fingerprint density at radius 3 is 2.42 bits per heavy atom. The van der Waals surface area contributed by atoms with E-state index in [4.69, 9.17) is 10.6 Å². The van der Waals surface area contributed by atoms with E-state index < -0.39 is 5.91 Å². The van der Waals surface area contributed by atoms with E-state index in [9.17, 15) is 9.18 Å². The molecule has 0 saturated heterocycles. The van der Waals surface area contributed by atoms with E-state index >= 15 is 0 Å². The first-order valence-corrected chi connectivity index (χ1v) is 8.76. The Hall–Kier alpha value is -2.99. The smallest absolute Gasteiger partial charge is 0.248 e. The highest BCUT2D eigenvalue weighted by atomic mass is 32.1. The molecule has 0 saturated carbocycles. The minimum Gasteiger partial charge on any atom is -0.391 e. The molecule has 0 atom stereocenters. The van der Waals surface area contributed by atoms with Gasteiger partial charge in [-0.3, -0.25) is 4.79 Å². The quantitative estimate of drug-likeness (QED) is 0.511. The molecule has 0 fully saturated rings. The van der Waals surface area contributed by atoms with Gasteiger partial charge in [0, 0.05) is 10.4 Å². The van der Waals surface area contributed by atoms with Gasteiger partial charge in [0.1, 0.15) is 12.4 Å². The van der Waals surface area contributed by atoms with Crippen molar-refractivity contribution < 1.29 is 14.0 Å². The molecule has 3 aromatic rings. The van der Waals surface area contributed by atoms with Gasteiger partial charge in [-0.2, -0.15) is 0 Å².